The van der Waals surface area contributed by atoms with Crippen molar-refractivity contribution in [1.82, 2.24) is 19.6 Å². The van der Waals surface area contributed by atoms with Gasteiger partial charge in [0.15, 0.2) is 5.69 Å². The minimum Gasteiger partial charge on any atom is -0.469 e. The summed E-state index contributed by atoms with van der Waals surface area (Å²) in [6, 6.07) is 3.57. The van der Waals surface area contributed by atoms with Crippen LogP contribution in [0.1, 0.15) is 48.2 Å². The number of nitrogens with zero attached hydrogens (tertiary/aromatic N) is 4. The fourth-order valence-electron chi connectivity index (χ4n) is 5.06. The van der Waals surface area contributed by atoms with E-state index in [9.17, 15) is 27.2 Å². The number of esters is 1. The van der Waals surface area contributed by atoms with Gasteiger partial charge in [-0.3, -0.25) is 9.48 Å². The van der Waals surface area contributed by atoms with E-state index in [2.05, 4.69) is 5.10 Å². The second kappa shape index (κ2) is 10.3. The Morgan fingerprint density at radius 2 is 1.92 bits per heavy atom. The molecular formula is C24H27ClF4N4O3. The summed E-state index contributed by atoms with van der Waals surface area (Å²) >= 11 is 5.79. The van der Waals surface area contributed by atoms with E-state index in [-0.39, 0.29) is 71.9 Å². The lowest BCUT2D eigenvalue weighted by atomic mass is 9.85. The molecule has 36 heavy (non-hydrogen) atoms. The fraction of sp³-hybridized carbons (Fsp3) is 0.542. The average Bonchev–Trinajstić information content (AvgIpc) is 3.22. The van der Waals surface area contributed by atoms with Crippen LogP contribution < -0.4 is 0 Å². The molecule has 1 aromatic carbocycles. The van der Waals surface area contributed by atoms with E-state index < -0.39 is 17.7 Å². The number of fused-ring (bicyclic) bond motifs is 1. The summed E-state index contributed by atoms with van der Waals surface area (Å²) in [5, 5.41) is 3.96. The number of benzene rings is 1. The molecule has 7 nitrogen and oxygen atoms in total. The third kappa shape index (κ3) is 5.30. The van der Waals surface area contributed by atoms with E-state index in [0.717, 1.165) is 10.7 Å². The molecule has 2 heterocycles. The monoisotopic (exact) mass is 530 g/mol. The molecule has 196 valence electrons. The molecule has 0 bridgehead atoms. The zero-order valence-corrected chi connectivity index (χ0v) is 20.7. The lowest BCUT2D eigenvalue weighted by Crippen LogP contribution is -2.49. The normalized spacial score (nSPS) is 20.1. The van der Waals surface area contributed by atoms with Crippen molar-refractivity contribution >= 4 is 23.6 Å². The lowest BCUT2D eigenvalue weighted by Gasteiger charge is -2.38. The van der Waals surface area contributed by atoms with Crippen LogP contribution in [0.4, 0.5) is 22.4 Å². The van der Waals surface area contributed by atoms with E-state index in [0.29, 0.717) is 25.7 Å². The summed E-state index contributed by atoms with van der Waals surface area (Å²) in [7, 11) is 3.02. The summed E-state index contributed by atoms with van der Waals surface area (Å²) in [4.78, 5) is 28.2. The van der Waals surface area contributed by atoms with Crippen LogP contribution in [0.25, 0.3) is 0 Å². The third-order valence-corrected chi connectivity index (χ3v) is 7.33. The number of ether oxygens (including phenoxy) is 1. The van der Waals surface area contributed by atoms with Crippen LogP contribution in [0.2, 0.25) is 5.02 Å². The molecule has 0 radical (unpaired) electrons. The fourth-order valence-corrected chi connectivity index (χ4v) is 5.22. The molecule has 2 amide bonds. The molecular weight excluding hydrogens is 504 g/mol. The van der Waals surface area contributed by atoms with Crippen LogP contribution >= 0.6 is 11.6 Å². The van der Waals surface area contributed by atoms with Gasteiger partial charge in [0, 0.05) is 35.8 Å². The maximum atomic E-state index is 14.4. The van der Waals surface area contributed by atoms with Crippen LogP contribution in [0.3, 0.4) is 0 Å². The zero-order valence-electron chi connectivity index (χ0n) is 19.9. The Morgan fingerprint density at radius 3 is 2.53 bits per heavy atom. The van der Waals surface area contributed by atoms with Crippen molar-refractivity contribution in [2.45, 2.75) is 57.4 Å². The van der Waals surface area contributed by atoms with Crippen molar-refractivity contribution in [3.05, 3.63) is 51.6 Å². The third-order valence-electron chi connectivity index (χ3n) is 7.09. The lowest BCUT2D eigenvalue weighted by molar-refractivity contribution is -0.146. The number of carbonyl (C=O) groups is 2. The van der Waals surface area contributed by atoms with E-state index in [4.69, 9.17) is 16.3 Å². The summed E-state index contributed by atoms with van der Waals surface area (Å²) in [6.07, 6.45) is -2.21. The van der Waals surface area contributed by atoms with Gasteiger partial charge in [-0.2, -0.15) is 18.3 Å². The molecule has 2 aliphatic rings. The molecule has 1 fully saturated rings. The molecule has 0 N–H and O–H groups in total. The van der Waals surface area contributed by atoms with Gasteiger partial charge in [0.05, 0.1) is 31.8 Å². The minimum atomic E-state index is -4.67. The van der Waals surface area contributed by atoms with E-state index in [1.165, 1.54) is 24.1 Å². The van der Waals surface area contributed by atoms with Crippen LogP contribution in [0.15, 0.2) is 18.2 Å². The SMILES string of the molecule is COC(=O)[C@H]1CC[C@H](N(C)C(=O)N2CCc3c(C(F)(F)F)nn(Cc4ccc(Cl)cc4F)c3C2)CC1. The van der Waals surface area contributed by atoms with Gasteiger partial charge >= 0.3 is 18.2 Å². The van der Waals surface area contributed by atoms with Gasteiger partial charge in [-0.1, -0.05) is 17.7 Å². The van der Waals surface area contributed by atoms with Gasteiger partial charge in [-0.25, -0.2) is 9.18 Å². The topological polar surface area (TPSA) is 67.7 Å². The first-order valence-corrected chi connectivity index (χ1v) is 12.1. The van der Waals surface area contributed by atoms with Crippen molar-refractivity contribution in [1.29, 1.82) is 0 Å². The van der Waals surface area contributed by atoms with Gasteiger partial charge in [-0.15, -0.1) is 0 Å². The van der Waals surface area contributed by atoms with Gasteiger partial charge in [0.2, 0.25) is 0 Å². The Balaban J connectivity index is 1.53. The van der Waals surface area contributed by atoms with Crippen molar-refractivity contribution in [3.63, 3.8) is 0 Å². The Bertz CT molecular complexity index is 1150. The Morgan fingerprint density at radius 1 is 1.22 bits per heavy atom. The van der Waals surface area contributed by atoms with Crippen LogP contribution in [0, 0.1) is 11.7 Å². The number of amides is 2. The summed E-state index contributed by atoms with van der Waals surface area (Å²) in [5.41, 5.74) is -0.601. The zero-order chi connectivity index (χ0) is 26.2. The largest absolute Gasteiger partial charge is 0.469 e. The first-order chi connectivity index (χ1) is 17.0. The highest BCUT2D eigenvalue weighted by atomic mass is 35.5. The number of hydrogen-bond acceptors (Lipinski definition) is 4. The molecule has 0 spiro atoms. The Kier molecular flexibility index (Phi) is 7.49. The van der Waals surface area contributed by atoms with Gasteiger partial charge in [0.1, 0.15) is 5.82 Å². The quantitative estimate of drug-likeness (QED) is 0.417. The number of alkyl halides is 3. The molecule has 0 saturated heterocycles. The number of aromatic nitrogens is 2. The molecule has 1 aromatic heterocycles. The van der Waals surface area contributed by atoms with Crippen molar-refractivity contribution < 1.29 is 31.9 Å². The molecule has 0 atom stereocenters. The van der Waals surface area contributed by atoms with Crippen molar-refractivity contribution in [2.24, 2.45) is 5.92 Å². The van der Waals surface area contributed by atoms with E-state index >= 15 is 0 Å². The van der Waals surface area contributed by atoms with Crippen LogP contribution in [-0.4, -0.2) is 58.3 Å². The smallest absolute Gasteiger partial charge is 0.435 e. The summed E-state index contributed by atoms with van der Waals surface area (Å²) in [5.74, 6) is -1.08. The highest BCUT2D eigenvalue weighted by Gasteiger charge is 2.41. The molecule has 1 aliphatic carbocycles. The Hall–Kier alpha value is -2.82. The van der Waals surface area contributed by atoms with Crippen molar-refractivity contribution in [2.75, 3.05) is 20.7 Å². The van der Waals surface area contributed by atoms with Crippen molar-refractivity contribution in [3.8, 4) is 0 Å². The van der Waals surface area contributed by atoms with Crippen LogP contribution in [-0.2, 0) is 35.2 Å². The molecule has 4 rings (SSSR count). The van der Waals surface area contributed by atoms with Gasteiger partial charge < -0.3 is 14.5 Å². The highest BCUT2D eigenvalue weighted by molar-refractivity contribution is 6.30. The molecule has 0 unspecified atom stereocenters. The summed E-state index contributed by atoms with van der Waals surface area (Å²) < 4.78 is 61.5. The highest BCUT2D eigenvalue weighted by Crippen LogP contribution is 2.36. The maximum absolute atomic E-state index is 14.4. The minimum absolute atomic E-state index is 0.0120. The van der Waals surface area contributed by atoms with Crippen LogP contribution in [0.5, 0.6) is 0 Å². The Labute approximate surface area is 210 Å². The number of urea groups is 1. The van der Waals surface area contributed by atoms with Gasteiger partial charge in [-0.05, 0) is 44.2 Å². The number of carbonyl (C=O) groups excluding carboxylic acids is 2. The van der Waals surface area contributed by atoms with E-state index in [1.54, 1.807) is 11.9 Å². The second-order valence-electron chi connectivity index (χ2n) is 9.26. The summed E-state index contributed by atoms with van der Waals surface area (Å²) in [6.45, 7) is -0.192. The average molecular weight is 531 g/mol. The predicted molar refractivity (Wildman–Crippen MR) is 123 cm³/mol. The number of rotatable bonds is 4. The molecule has 1 saturated carbocycles. The number of hydrogen-bond donors (Lipinski definition) is 0. The maximum Gasteiger partial charge on any atom is 0.435 e. The number of methoxy groups -OCH3 is 1. The van der Waals surface area contributed by atoms with E-state index in [1.807, 2.05) is 0 Å². The number of halogens is 5. The predicted octanol–water partition coefficient (Wildman–Crippen LogP) is 4.88. The molecule has 2 aromatic rings. The first-order valence-electron chi connectivity index (χ1n) is 11.7. The molecule has 12 heteroatoms. The van der Waals surface area contributed by atoms with Gasteiger partial charge in [0.25, 0.3) is 0 Å². The molecule has 1 aliphatic heterocycles. The standard InChI is InChI=1S/C24H27ClF4N4O3/c1-31(17-7-4-14(5-8-17)22(34)36-2)23(35)32-10-9-18-20(13-32)33(30-21(18)24(27,28)29)12-15-3-6-16(25)11-19(15)26/h3,6,11,14,17H,4-5,7-10,12-13H2,1-2H3/t14-,17-. The first kappa shape index (κ1) is 26.2. The second-order valence-corrected chi connectivity index (χ2v) is 9.70.